The minimum atomic E-state index is -0.222. The van der Waals surface area contributed by atoms with E-state index in [0.717, 1.165) is 14.6 Å². The quantitative estimate of drug-likeness (QED) is 0.723. The van der Waals surface area contributed by atoms with E-state index < -0.39 is 0 Å². The lowest BCUT2D eigenvalue weighted by atomic mass is 10.1. The molecule has 0 spiro atoms. The average Bonchev–Trinajstić information content (AvgIpc) is 2.41. The highest BCUT2D eigenvalue weighted by Gasteiger charge is 2.13. The highest BCUT2D eigenvalue weighted by Crippen LogP contribution is 2.28. The number of amides is 1. The molecule has 2 aromatic rings. The van der Waals surface area contributed by atoms with Crippen molar-refractivity contribution in [2.24, 2.45) is 0 Å². The second-order valence-corrected chi connectivity index (χ2v) is 6.22. The lowest BCUT2D eigenvalue weighted by Crippen LogP contribution is -2.14. The van der Waals surface area contributed by atoms with Gasteiger partial charge in [-0.2, -0.15) is 0 Å². The predicted molar refractivity (Wildman–Crippen MR) is 90.8 cm³/mol. The van der Waals surface area contributed by atoms with Crippen molar-refractivity contribution >= 4 is 60.7 Å². The highest BCUT2D eigenvalue weighted by molar-refractivity contribution is 9.11. The molecule has 0 heterocycles. The van der Waals surface area contributed by atoms with Gasteiger partial charge < -0.3 is 10.6 Å². The lowest BCUT2D eigenvalue weighted by molar-refractivity contribution is 0.102. The molecule has 1 amide bonds. The molecule has 0 bridgehead atoms. The van der Waals surface area contributed by atoms with Gasteiger partial charge >= 0.3 is 0 Å². The van der Waals surface area contributed by atoms with Crippen molar-refractivity contribution in [2.75, 3.05) is 17.7 Å². The zero-order valence-corrected chi connectivity index (χ0v) is 14.4. The van der Waals surface area contributed by atoms with Crippen LogP contribution in [0.3, 0.4) is 0 Å². The topological polar surface area (TPSA) is 41.1 Å². The van der Waals surface area contributed by atoms with Gasteiger partial charge in [0.25, 0.3) is 5.91 Å². The first-order chi connectivity index (χ1) is 9.51. The minimum absolute atomic E-state index is 0.222. The van der Waals surface area contributed by atoms with Gasteiger partial charge in [0.1, 0.15) is 0 Å². The number of carbonyl (C=O) groups is 1. The van der Waals surface area contributed by atoms with Crippen LogP contribution in [0.25, 0.3) is 0 Å². The van der Waals surface area contributed by atoms with E-state index in [1.54, 1.807) is 25.2 Å². The van der Waals surface area contributed by atoms with Gasteiger partial charge in [-0.15, -0.1) is 0 Å². The lowest BCUT2D eigenvalue weighted by Gasteiger charge is -2.11. The first-order valence-electron chi connectivity index (χ1n) is 5.75. The normalized spacial score (nSPS) is 10.2. The SMILES string of the molecule is CNc1ccc(Cl)cc1C(=O)Nc1ccc(Br)cc1Br. The van der Waals surface area contributed by atoms with E-state index >= 15 is 0 Å². The summed E-state index contributed by atoms with van der Waals surface area (Å²) < 4.78 is 1.73. The third kappa shape index (κ3) is 3.53. The maximum Gasteiger partial charge on any atom is 0.257 e. The summed E-state index contributed by atoms with van der Waals surface area (Å²) in [5.74, 6) is -0.222. The van der Waals surface area contributed by atoms with Crippen molar-refractivity contribution in [1.82, 2.24) is 0 Å². The molecule has 3 nitrogen and oxygen atoms in total. The molecular weight excluding hydrogens is 407 g/mol. The van der Waals surface area contributed by atoms with E-state index in [4.69, 9.17) is 11.6 Å². The molecule has 2 aromatic carbocycles. The Morgan fingerprint density at radius 3 is 2.45 bits per heavy atom. The third-order valence-corrected chi connectivity index (χ3v) is 4.06. The Labute approximate surface area is 139 Å². The molecule has 0 atom stereocenters. The smallest absolute Gasteiger partial charge is 0.257 e. The third-order valence-electron chi connectivity index (χ3n) is 2.67. The summed E-state index contributed by atoms with van der Waals surface area (Å²) in [5.41, 5.74) is 1.91. The van der Waals surface area contributed by atoms with Gasteiger partial charge in [-0.05, 0) is 52.3 Å². The maximum atomic E-state index is 12.3. The molecule has 0 saturated heterocycles. The van der Waals surface area contributed by atoms with E-state index in [0.29, 0.717) is 16.3 Å². The first-order valence-corrected chi connectivity index (χ1v) is 7.71. The number of carbonyl (C=O) groups excluding carboxylic acids is 1. The number of anilines is 2. The monoisotopic (exact) mass is 416 g/mol. The molecule has 104 valence electrons. The Bertz CT molecular complexity index is 662. The Morgan fingerprint density at radius 1 is 1.10 bits per heavy atom. The predicted octanol–water partition coefficient (Wildman–Crippen LogP) is 5.16. The number of halogens is 3. The Morgan fingerprint density at radius 2 is 1.80 bits per heavy atom. The van der Waals surface area contributed by atoms with E-state index in [2.05, 4.69) is 42.5 Å². The molecule has 0 aliphatic rings. The van der Waals surface area contributed by atoms with Gasteiger partial charge in [-0.25, -0.2) is 0 Å². The summed E-state index contributed by atoms with van der Waals surface area (Å²) in [5, 5.41) is 6.34. The standard InChI is InChI=1S/C14H11Br2ClN2O/c1-18-12-5-3-9(17)7-10(12)14(20)19-13-4-2-8(15)6-11(13)16/h2-7,18H,1H3,(H,19,20). The number of hydrogen-bond acceptors (Lipinski definition) is 2. The maximum absolute atomic E-state index is 12.3. The Balaban J connectivity index is 2.30. The number of hydrogen-bond donors (Lipinski definition) is 2. The van der Waals surface area contributed by atoms with Crippen LogP contribution in [0.5, 0.6) is 0 Å². The van der Waals surface area contributed by atoms with Crippen molar-refractivity contribution < 1.29 is 4.79 Å². The van der Waals surface area contributed by atoms with Crippen molar-refractivity contribution in [1.29, 1.82) is 0 Å². The van der Waals surface area contributed by atoms with Crippen LogP contribution in [0.15, 0.2) is 45.3 Å². The number of benzene rings is 2. The van der Waals surface area contributed by atoms with Crippen LogP contribution in [0.4, 0.5) is 11.4 Å². The van der Waals surface area contributed by atoms with Gasteiger partial charge in [0.05, 0.1) is 11.3 Å². The average molecular weight is 419 g/mol. The van der Waals surface area contributed by atoms with Crippen molar-refractivity contribution in [3.8, 4) is 0 Å². The molecule has 0 aromatic heterocycles. The second kappa shape index (κ2) is 6.61. The Hall–Kier alpha value is -1.04. The van der Waals surface area contributed by atoms with Gasteiger partial charge in [0, 0.05) is 26.7 Å². The number of nitrogens with one attached hydrogen (secondary N) is 2. The Kier molecular flexibility index (Phi) is 5.07. The summed E-state index contributed by atoms with van der Waals surface area (Å²) in [4.78, 5) is 12.3. The van der Waals surface area contributed by atoms with E-state index in [9.17, 15) is 4.79 Å². The van der Waals surface area contributed by atoms with Crippen LogP contribution < -0.4 is 10.6 Å². The van der Waals surface area contributed by atoms with Gasteiger partial charge in [0.2, 0.25) is 0 Å². The molecule has 2 N–H and O–H groups in total. The molecule has 0 aliphatic carbocycles. The van der Waals surface area contributed by atoms with Crippen molar-refractivity contribution in [3.05, 3.63) is 55.9 Å². The zero-order chi connectivity index (χ0) is 14.7. The molecule has 0 unspecified atom stereocenters. The molecular formula is C14H11Br2ClN2O. The van der Waals surface area contributed by atoms with Crippen LogP contribution in [0.2, 0.25) is 5.02 Å². The molecule has 20 heavy (non-hydrogen) atoms. The van der Waals surface area contributed by atoms with Crippen molar-refractivity contribution in [2.45, 2.75) is 0 Å². The van der Waals surface area contributed by atoms with Gasteiger partial charge in [-0.3, -0.25) is 4.79 Å². The minimum Gasteiger partial charge on any atom is -0.387 e. The first kappa shape index (κ1) is 15.4. The highest BCUT2D eigenvalue weighted by atomic mass is 79.9. The van der Waals surface area contributed by atoms with Gasteiger partial charge in [-0.1, -0.05) is 27.5 Å². The largest absolute Gasteiger partial charge is 0.387 e. The second-order valence-electron chi connectivity index (χ2n) is 4.02. The summed E-state index contributed by atoms with van der Waals surface area (Å²) in [6.07, 6.45) is 0. The molecule has 2 rings (SSSR count). The van der Waals surface area contributed by atoms with Gasteiger partial charge in [0.15, 0.2) is 0 Å². The molecule has 0 radical (unpaired) electrons. The summed E-state index contributed by atoms with van der Waals surface area (Å²) in [6, 6.07) is 10.7. The molecule has 0 aliphatic heterocycles. The van der Waals surface area contributed by atoms with Crippen LogP contribution in [0.1, 0.15) is 10.4 Å². The van der Waals surface area contributed by atoms with Crippen LogP contribution in [-0.4, -0.2) is 13.0 Å². The summed E-state index contributed by atoms with van der Waals surface area (Å²) in [7, 11) is 1.76. The van der Waals surface area contributed by atoms with E-state index in [-0.39, 0.29) is 5.91 Å². The van der Waals surface area contributed by atoms with E-state index in [1.165, 1.54) is 0 Å². The fourth-order valence-electron chi connectivity index (χ4n) is 1.70. The van der Waals surface area contributed by atoms with Crippen LogP contribution >= 0.6 is 43.5 Å². The summed E-state index contributed by atoms with van der Waals surface area (Å²) in [6.45, 7) is 0. The van der Waals surface area contributed by atoms with Crippen molar-refractivity contribution in [3.63, 3.8) is 0 Å². The van der Waals surface area contributed by atoms with E-state index in [1.807, 2.05) is 18.2 Å². The van der Waals surface area contributed by atoms with Crippen LogP contribution in [-0.2, 0) is 0 Å². The molecule has 6 heteroatoms. The molecule has 0 saturated carbocycles. The summed E-state index contributed by atoms with van der Waals surface area (Å²) >= 11 is 12.7. The fraction of sp³-hybridized carbons (Fsp3) is 0.0714. The zero-order valence-electron chi connectivity index (χ0n) is 10.5. The fourth-order valence-corrected chi connectivity index (χ4v) is 3.02. The number of rotatable bonds is 3. The van der Waals surface area contributed by atoms with Crippen LogP contribution in [0, 0.1) is 0 Å². The molecule has 0 fully saturated rings.